The van der Waals surface area contributed by atoms with Gasteiger partial charge in [-0.2, -0.15) is 0 Å². The third-order valence-electron chi connectivity index (χ3n) is 2.65. The summed E-state index contributed by atoms with van der Waals surface area (Å²) in [7, 11) is 0. The molecule has 1 fully saturated rings. The predicted octanol–water partition coefficient (Wildman–Crippen LogP) is 1.21. The van der Waals surface area contributed by atoms with E-state index < -0.39 is 5.60 Å². The quantitative estimate of drug-likeness (QED) is 0.663. The van der Waals surface area contributed by atoms with Crippen LogP contribution in [0.4, 0.5) is 5.69 Å². The van der Waals surface area contributed by atoms with Gasteiger partial charge in [0.2, 0.25) is 0 Å². The highest BCUT2D eigenvalue weighted by atomic mass is 79.9. The van der Waals surface area contributed by atoms with E-state index in [0.29, 0.717) is 18.7 Å². The van der Waals surface area contributed by atoms with Gasteiger partial charge in [0.05, 0.1) is 0 Å². The van der Waals surface area contributed by atoms with Crippen LogP contribution < -0.4 is 11.1 Å². The van der Waals surface area contributed by atoms with E-state index in [1.54, 1.807) is 0 Å². The molecule has 1 atom stereocenters. The van der Waals surface area contributed by atoms with Crippen LogP contribution in [0.15, 0.2) is 22.7 Å². The summed E-state index contributed by atoms with van der Waals surface area (Å²) in [6.45, 7) is 1.41. The van der Waals surface area contributed by atoms with Crippen molar-refractivity contribution in [3.05, 3.63) is 28.2 Å². The van der Waals surface area contributed by atoms with Crippen LogP contribution in [0.3, 0.4) is 0 Å². The number of nitrogen functional groups attached to an aromatic ring is 1. The van der Waals surface area contributed by atoms with Crippen molar-refractivity contribution in [3.8, 4) is 0 Å². The summed E-state index contributed by atoms with van der Waals surface area (Å²) in [4.78, 5) is 0. The van der Waals surface area contributed by atoms with E-state index in [4.69, 9.17) is 5.73 Å². The van der Waals surface area contributed by atoms with Crippen LogP contribution in [0.25, 0.3) is 0 Å². The van der Waals surface area contributed by atoms with Gasteiger partial charge in [-0.05, 0) is 31.2 Å². The highest BCUT2D eigenvalue weighted by Gasteiger charge is 2.34. The minimum atomic E-state index is -0.798. The molecule has 0 saturated carbocycles. The number of nitrogens with one attached hydrogen (secondary N) is 1. The molecule has 1 aliphatic heterocycles. The molecule has 0 radical (unpaired) electrons. The average molecular weight is 257 g/mol. The molecule has 0 aromatic heterocycles. The first-order valence-corrected chi connectivity index (χ1v) is 5.40. The molecule has 1 saturated heterocycles. The van der Waals surface area contributed by atoms with Crippen LogP contribution in [0.5, 0.6) is 0 Å². The normalized spacial score (nSPS) is 26.7. The Morgan fingerprint density at radius 3 is 2.93 bits per heavy atom. The number of rotatable bonds is 1. The maximum atomic E-state index is 10.3. The SMILES string of the molecule is Nc1ccc(Br)cc1C1(O)CCNC1. The molecule has 1 aliphatic rings. The number of benzene rings is 1. The van der Waals surface area contributed by atoms with Gasteiger partial charge in [-0.3, -0.25) is 0 Å². The van der Waals surface area contributed by atoms with Crippen LogP contribution in [-0.2, 0) is 5.60 Å². The fraction of sp³-hybridized carbons (Fsp3) is 0.400. The Labute approximate surface area is 91.4 Å². The third kappa shape index (κ3) is 1.65. The largest absolute Gasteiger partial charge is 0.398 e. The Balaban J connectivity index is 2.44. The minimum Gasteiger partial charge on any atom is -0.398 e. The van der Waals surface area contributed by atoms with E-state index in [0.717, 1.165) is 16.6 Å². The second kappa shape index (κ2) is 3.53. The number of anilines is 1. The molecule has 0 aliphatic carbocycles. The summed E-state index contributed by atoms with van der Waals surface area (Å²) < 4.78 is 0.946. The highest BCUT2D eigenvalue weighted by molar-refractivity contribution is 9.10. The van der Waals surface area contributed by atoms with Crippen LogP contribution in [0.2, 0.25) is 0 Å². The lowest BCUT2D eigenvalue weighted by molar-refractivity contribution is 0.0595. The Kier molecular flexibility index (Phi) is 2.51. The van der Waals surface area contributed by atoms with Crippen LogP contribution in [-0.4, -0.2) is 18.2 Å². The molecule has 4 N–H and O–H groups in total. The van der Waals surface area contributed by atoms with E-state index in [1.807, 2.05) is 18.2 Å². The molecule has 1 unspecified atom stereocenters. The summed E-state index contributed by atoms with van der Waals surface area (Å²) in [5.41, 5.74) is 6.52. The summed E-state index contributed by atoms with van der Waals surface area (Å²) in [6.07, 6.45) is 0.716. The van der Waals surface area contributed by atoms with E-state index >= 15 is 0 Å². The first-order chi connectivity index (χ1) is 6.62. The predicted molar refractivity (Wildman–Crippen MR) is 59.9 cm³/mol. The number of hydrogen-bond acceptors (Lipinski definition) is 3. The lowest BCUT2D eigenvalue weighted by atomic mass is 9.92. The molecule has 0 spiro atoms. The van der Waals surface area contributed by atoms with Crippen LogP contribution in [0.1, 0.15) is 12.0 Å². The van der Waals surface area contributed by atoms with E-state index in [9.17, 15) is 5.11 Å². The molecular formula is C10H13BrN2O. The molecule has 3 nitrogen and oxygen atoms in total. The van der Waals surface area contributed by atoms with Gasteiger partial charge < -0.3 is 16.2 Å². The molecular weight excluding hydrogens is 244 g/mol. The average Bonchev–Trinajstić information content (AvgIpc) is 2.58. The standard InChI is InChI=1S/C10H13BrN2O/c11-7-1-2-9(12)8(5-7)10(14)3-4-13-6-10/h1-2,5,13-14H,3-4,6,12H2. The fourth-order valence-corrected chi connectivity index (χ4v) is 2.20. The van der Waals surface area contributed by atoms with Gasteiger partial charge >= 0.3 is 0 Å². The Morgan fingerprint density at radius 1 is 1.50 bits per heavy atom. The first kappa shape index (κ1) is 9.96. The summed E-state index contributed by atoms with van der Waals surface area (Å²) in [5, 5.41) is 13.4. The Morgan fingerprint density at radius 2 is 2.29 bits per heavy atom. The van der Waals surface area contributed by atoms with Gasteiger partial charge in [-0.1, -0.05) is 15.9 Å². The highest BCUT2D eigenvalue weighted by Crippen LogP contribution is 2.33. The number of nitrogens with two attached hydrogens (primary N) is 1. The minimum absolute atomic E-state index is 0.577. The maximum Gasteiger partial charge on any atom is 0.105 e. The molecule has 1 heterocycles. The zero-order valence-electron chi connectivity index (χ0n) is 7.76. The first-order valence-electron chi connectivity index (χ1n) is 4.60. The topological polar surface area (TPSA) is 58.3 Å². The van der Waals surface area contributed by atoms with Crippen molar-refractivity contribution in [1.29, 1.82) is 0 Å². The van der Waals surface area contributed by atoms with Crippen molar-refractivity contribution in [3.63, 3.8) is 0 Å². The zero-order valence-corrected chi connectivity index (χ0v) is 9.34. The number of hydrogen-bond donors (Lipinski definition) is 3. The Hall–Kier alpha value is -0.580. The number of β-amino-alcohol motifs (C(OH)–C–C–N with tert-alkyl or cyclic N) is 1. The van der Waals surface area contributed by atoms with Gasteiger partial charge in [0, 0.05) is 22.3 Å². The van der Waals surface area contributed by atoms with Gasteiger partial charge in [0.1, 0.15) is 5.60 Å². The van der Waals surface area contributed by atoms with E-state index in [2.05, 4.69) is 21.2 Å². The van der Waals surface area contributed by atoms with Gasteiger partial charge in [-0.25, -0.2) is 0 Å². The number of aliphatic hydroxyl groups is 1. The summed E-state index contributed by atoms with van der Waals surface area (Å²) in [5.74, 6) is 0. The maximum absolute atomic E-state index is 10.3. The van der Waals surface area contributed by atoms with Crippen LogP contribution in [0, 0.1) is 0 Å². The molecule has 76 valence electrons. The molecule has 14 heavy (non-hydrogen) atoms. The van der Waals surface area contributed by atoms with Gasteiger partial charge in [0.25, 0.3) is 0 Å². The molecule has 1 aromatic carbocycles. The second-order valence-electron chi connectivity index (χ2n) is 3.69. The Bertz CT molecular complexity index is 348. The van der Waals surface area contributed by atoms with Crippen molar-refractivity contribution < 1.29 is 5.11 Å². The molecule has 1 aromatic rings. The lowest BCUT2D eigenvalue weighted by Gasteiger charge is -2.23. The monoisotopic (exact) mass is 256 g/mol. The van der Waals surface area contributed by atoms with Crippen molar-refractivity contribution in [2.24, 2.45) is 0 Å². The van der Waals surface area contributed by atoms with Crippen molar-refractivity contribution >= 4 is 21.6 Å². The fourth-order valence-electron chi connectivity index (χ4n) is 1.84. The van der Waals surface area contributed by atoms with E-state index in [1.165, 1.54) is 0 Å². The second-order valence-corrected chi connectivity index (χ2v) is 4.61. The van der Waals surface area contributed by atoms with Crippen molar-refractivity contribution in [2.45, 2.75) is 12.0 Å². The van der Waals surface area contributed by atoms with Crippen molar-refractivity contribution in [1.82, 2.24) is 5.32 Å². The number of halogens is 1. The van der Waals surface area contributed by atoms with Gasteiger partial charge in [-0.15, -0.1) is 0 Å². The lowest BCUT2D eigenvalue weighted by Crippen LogP contribution is -2.29. The molecule has 0 amide bonds. The zero-order chi connectivity index (χ0) is 10.2. The molecule has 2 rings (SSSR count). The summed E-state index contributed by atoms with van der Waals surface area (Å²) >= 11 is 3.38. The van der Waals surface area contributed by atoms with Crippen molar-refractivity contribution in [2.75, 3.05) is 18.8 Å². The molecule has 4 heteroatoms. The van der Waals surface area contributed by atoms with Gasteiger partial charge in [0.15, 0.2) is 0 Å². The van der Waals surface area contributed by atoms with E-state index in [-0.39, 0.29) is 0 Å². The third-order valence-corrected chi connectivity index (χ3v) is 3.14. The molecule has 0 bridgehead atoms. The summed E-state index contributed by atoms with van der Waals surface area (Å²) in [6, 6.07) is 5.59. The van der Waals surface area contributed by atoms with Crippen LogP contribution >= 0.6 is 15.9 Å². The smallest absolute Gasteiger partial charge is 0.105 e.